The van der Waals surface area contributed by atoms with E-state index in [4.69, 9.17) is 5.73 Å². The molecule has 0 saturated heterocycles. The van der Waals surface area contributed by atoms with Gasteiger partial charge in [0.05, 0.1) is 5.70 Å². The van der Waals surface area contributed by atoms with E-state index < -0.39 is 11.6 Å². The van der Waals surface area contributed by atoms with Crippen molar-refractivity contribution < 1.29 is 14.7 Å². The average molecular weight is 343 g/mol. The van der Waals surface area contributed by atoms with E-state index in [1.165, 1.54) is 5.57 Å². The van der Waals surface area contributed by atoms with E-state index in [0.717, 1.165) is 38.2 Å². The number of allylic oxidation sites excluding steroid dienone is 3. The fourth-order valence-electron chi connectivity index (χ4n) is 5.52. The van der Waals surface area contributed by atoms with Gasteiger partial charge in [0.1, 0.15) is 5.76 Å². The summed E-state index contributed by atoms with van der Waals surface area (Å²) in [5.74, 6) is -0.665. The van der Waals surface area contributed by atoms with Gasteiger partial charge >= 0.3 is 0 Å². The number of hydrogen-bond donors (Lipinski definition) is 2. The minimum Gasteiger partial charge on any atom is -0.505 e. The summed E-state index contributed by atoms with van der Waals surface area (Å²) >= 11 is 0. The molecular formula is C21H29NO3. The number of carbonyl (C=O) groups is 2. The number of nitrogens with two attached hydrogens (primary N) is 1. The third kappa shape index (κ3) is 2.57. The summed E-state index contributed by atoms with van der Waals surface area (Å²) in [7, 11) is 0. The summed E-state index contributed by atoms with van der Waals surface area (Å²) in [6.45, 7) is 11.1. The first-order chi connectivity index (χ1) is 11.6. The lowest BCUT2D eigenvalue weighted by Crippen LogP contribution is -2.51. The molecule has 4 unspecified atom stereocenters. The third-order valence-corrected chi connectivity index (χ3v) is 7.47. The number of aliphatic hydroxyl groups is 1. The van der Waals surface area contributed by atoms with Crippen molar-refractivity contribution in [1.82, 2.24) is 0 Å². The van der Waals surface area contributed by atoms with Gasteiger partial charge in [-0.25, -0.2) is 0 Å². The molecule has 0 spiro atoms. The van der Waals surface area contributed by atoms with Crippen molar-refractivity contribution in [3.8, 4) is 0 Å². The van der Waals surface area contributed by atoms with Crippen LogP contribution in [0.1, 0.15) is 59.3 Å². The smallest absolute Gasteiger partial charge is 0.232 e. The number of hydrogen-bond acceptors (Lipinski definition) is 4. The Hall–Kier alpha value is -1.84. The molecule has 3 rings (SSSR count). The molecule has 2 saturated carbocycles. The van der Waals surface area contributed by atoms with Gasteiger partial charge in [0, 0.05) is 11.6 Å². The fourth-order valence-corrected chi connectivity index (χ4v) is 5.52. The van der Waals surface area contributed by atoms with Crippen molar-refractivity contribution in [2.45, 2.75) is 59.3 Å². The van der Waals surface area contributed by atoms with Crippen LogP contribution in [0.25, 0.3) is 0 Å². The first-order valence-electron chi connectivity index (χ1n) is 9.28. The van der Waals surface area contributed by atoms with Crippen LogP contribution in [0.3, 0.4) is 0 Å². The zero-order chi connectivity index (χ0) is 18.6. The molecule has 2 fully saturated rings. The maximum atomic E-state index is 12.4. The number of rotatable bonds is 2. The van der Waals surface area contributed by atoms with Crippen molar-refractivity contribution in [3.05, 3.63) is 35.3 Å². The monoisotopic (exact) mass is 343 g/mol. The highest BCUT2D eigenvalue weighted by molar-refractivity contribution is 6.48. The van der Waals surface area contributed by atoms with E-state index in [0.29, 0.717) is 18.3 Å². The topological polar surface area (TPSA) is 80.4 Å². The standard InChI is InChI=1S/C21H29NO3/c1-12-6-5-7-17-20(12,3)9-8-13(2)21(17,4)11-14-18(24)15(22)10-16(23)19(14)25/h10,13,17,24H,1,5-9,11,22H2,2-4H3. The van der Waals surface area contributed by atoms with Crippen molar-refractivity contribution in [3.63, 3.8) is 0 Å². The minimum absolute atomic E-state index is 0.00229. The second kappa shape index (κ2) is 5.86. The Kier molecular flexibility index (Phi) is 4.21. The van der Waals surface area contributed by atoms with Crippen LogP contribution in [0.2, 0.25) is 0 Å². The molecule has 136 valence electrons. The third-order valence-electron chi connectivity index (χ3n) is 7.47. The number of carbonyl (C=O) groups excluding carboxylic acids is 2. The Labute approximate surface area is 149 Å². The van der Waals surface area contributed by atoms with Crippen LogP contribution in [0.15, 0.2) is 35.3 Å². The van der Waals surface area contributed by atoms with Crippen LogP contribution in [-0.2, 0) is 9.59 Å². The molecule has 4 heteroatoms. The van der Waals surface area contributed by atoms with E-state index >= 15 is 0 Å². The maximum Gasteiger partial charge on any atom is 0.232 e. The van der Waals surface area contributed by atoms with Crippen LogP contribution in [0, 0.1) is 22.7 Å². The Morgan fingerprint density at radius 3 is 2.68 bits per heavy atom. The van der Waals surface area contributed by atoms with Crippen LogP contribution < -0.4 is 5.73 Å². The lowest BCUT2D eigenvalue weighted by Gasteiger charge is -2.59. The summed E-state index contributed by atoms with van der Waals surface area (Å²) in [4.78, 5) is 24.3. The molecule has 0 radical (unpaired) electrons. The number of Topliss-reactive ketones (excluding diaryl/α,β-unsaturated/α-hetero) is 1. The van der Waals surface area contributed by atoms with Crippen LogP contribution in [-0.4, -0.2) is 16.7 Å². The molecule has 25 heavy (non-hydrogen) atoms. The predicted octanol–water partition coefficient (Wildman–Crippen LogP) is 3.98. The number of aliphatic hydroxyl groups excluding tert-OH is 1. The maximum absolute atomic E-state index is 12.4. The highest BCUT2D eigenvalue weighted by Crippen LogP contribution is 2.63. The van der Waals surface area contributed by atoms with E-state index in [1.54, 1.807) is 0 Å². The largest absolute Gasteiger partial charge is 0.505 e. The molecule has 4 atom stereocenters. The predicted molar refractivity (Wildman–Crippen MR) is 97.6 cm³/mol. The molecule has 3 aliphatic rings. The van der Waals surface area contributed by atoms with Gasteiger partial charge in [-0.3, -0.25) is 9.59 Å². The second-order valence-corrected chi connectivity index (χ2v) is 8.71. The van der Waals surface area contributed by atoms with E-state index in [-0.39, 0.29) is 27.9 Å². The molecule has 3 aliphatic carbocycles. The Morgan fingerprint density at radius 1 is 1.32 bits per heavy atom. The number of ketones is 2. The molecule has 0 heterocycles. The molecule has 0 amide bonds. The van der Waals surface area contributed by atoms with Gasteiger partial charge in [-0.05, 0) is 61.2 Å². The summed E-state index contributed by atoms with van der Waals surface area (Å²) in [6.07, 6.45) is 6.88. The Morgan fingerprint density at radius 2 is 2.00 bits per heavy atom. The summed E-state index contributed by atoms with van der Waals surface area (Å²) < 4.78 is 0. The van der Waals surface area contributed by atoms with Gasteiger partial charge in [-0.15, -0.1) is 0 Å². The highest BCUT2D eigenvalue weighted by atomic mass is 16.3. The normalized spacial score (nSPS) is 39.3. The van der Waals surface area contributed by atoms with Gasteiger partial charge < -0.3 is 10.8 Å². The second-order valence-electron chi connectivity index (χ2n) is 8.71. The van der Waals surface area contributed by atoms with Gasteiger partial charge in [0.25, 0.3) is 0 Å². The van der Waals surface area contributed by atoms with Gasteiger partial charge in [-0.2, -0.15) is 0 Å². The van der Waals surface area contributed by atoms with Gasteiger partial charge in [-0.1, -0.05) is 32.9 Å². The molecule has 0 aromatic carbocycles. The summed E-state index contributed by atoms with van der Waals surface area (Å²) in [5, 5.41) is 10.4. The zero-order valence-electron chi connectivity index (χ0n) is 15.5. The van der Waals surface area contributed by atoms with Crippen LogP contribution in [0.4, 0.5) is 0 Å². The quantitative estimate of drug-likeness (QED) is 0.451. The zero-order valence-corrected chi connectivity index (χ0v) is 15.5. The Balaban J connectivity index is 2.03. The van der Waals surface area contributed by atoms with Gasteiger partial charge in [0.15, 0.2) is 0 Å². The Bertz CT molecular complexity index is 717. The minimum atomic E-state index is -0.631. The SMILES string of the molecule is C=C1CCCC2C1(C)CCC(C)C2(C)CC1=C(O)C(N)=CC(=O)C1=O. The van der Waals surface area contributed by atoms with Crippen molar-refractivity contribution in [1.29, 1.82) is 0 Å². The first kappa shape index (κ1) is 18.0. The van der Waals surface area contributed by atoms with E-state index in [2.05, 4.69) is 27.4 Å². The molecular weight excluding hydrogens is 314 g/mol. The average Bonchev–Trinajstić information content (AvgIpc) is 2.56. The molecule has 0 bridgehead atoms. The van der Waals surface area contributed by atoms with E-state index in [1.807, 2.05) is 0 Å². The van der Waals surface area contributed by atoms with Crippen molar-refractivity contribution in [2.24, 2.45) is 28.4 Å². The number of fused-ring (bicyclic) bond motifs is 1. The highest BCUT2D eigenvalue weighted by Gasteiger charge is 2.54. The van der Waals surface area contributed by atoms with Crippen LogP contribution >= 0.6 is 0 Å². The molecule has 0 aliphatic heterocycles. The van der Waals surface area contributed by atoms with Crippen LogP contribution in [0.5, 0.6) is 0 Å². The summed E-state index contributed by atoms with van der Waals surface area (Å²) in [6, 6.07) is 0. The molecule has 4 nitrogen and oxygen atoms in total. The van der Waals surface area contributed by atoms with Gasteiger partial charge in [0.2, 0.25) is 11.6 Å². The first-order valence-corrected chi connectivity index (χ1v) is 9.28. The lowest BCUT2D eigenvalue weighted by molar-refractivity contribution is -0.132. The molecule has 3 N–H and O–H groups in total. The molecule has 0 aromatic rings. The van der Waals surface area contributed by atoms with E-state index in [9.17, 15) is 14.7 Å². The lowest BCUT2D eigenvalue weighted by atomic mass is 9.46. The molecule has 0 aromatic heterocycles. The summed E-state index contributed by atoms with van der Waals surface area (Å²) in [5.41, 5.74) is 7.15. The fraction of sp³-hybridized carbons (Fsp3) is 0.619. The van der Waals surface area contributed by atoms with Crippen molar-refractivity contribution in [2.75, 3.05) is 0 Å². The van der Waals surface area contributed by atoms with Crippen molar-refractivity contribution >= 4 is 11.6 Å².